The molecule has 0 unspecified atom stereocenters. The van der Waals surface area contributed by atoms with Gasteiger partial charge in [-0.25, -0.2) is 0 Å². The zero-order valence-electron chi connectivity index (χ0n) is 18.3. The fourth-order valence-electron chi connectivity index (χ4n) is 3.48. The van der Waals surface area contributed by atoms with Gasteiger partial charge in [0.2, 0.25) is 5.91 Å². The van der Waals surface area contributed by atoms with Crippen LogP contribution in [0.1, 0.15) is 68.9 Å². The molecule has 0 saturated heterocycles. The lowest BCUT2D eigenvalue weighted by atomic mass is 9.86. The predicted molar refractivity (Wildman–Crippen MR) is 116 cm³/mol. The Labute approximate surface area is 177 Å². The van der Waals surface area contributed by atoms with Crippen molar-refractivity contribution in [2.75, 3.05) is 0 Å². The Morgan fingerprint density at radius 2 is 2.03 bits per heavy atom. The van der Waals surface area contributed by atoms with Crippen molar-refractivity contribution in [3.05, 3.63) is 29.5 Å². The van der Waals surface area contributed by atoms with Gasteiger partial charge in [0.15, 0.2) is 5.69 Å². The molecule has 1 heterocycles. The Morgan fingerprint density at radius 3 is 2.67 bits per heavy atom. The summed E-state index contributed by atoms with van der Waals surface area (Å²) in [6.07, 6.45) is 4.11. The first-order valence-corrected chi connectivity index (χ1v) is 10.7. The second-order valence-corrected chi connectivity index (χ2v) is 9.26. The summed E-state index contributed by atoms with van der Waals surface area (Å²) in [6.45, 7) is 8.45. The van der Waals surface area contributed by atoms with Gasteiger partial charge in [0, 0.05) is 24.4 Å². The number of nitrogens with zero attached hydrogens (tertiary/aromatic N) is 3. The van der Waals surface area contributed by atoms with Gasteiger partial charge in [0.1, 0.15) is 6.04 Å². The Morgan fingerprint density at radius 1 is 1.30 bits per heavy atom. The fourth-order valence-corrected chi connectivity index (χ4v) is 3.48. The summed E-state index contributed by atoms with van der Waals surface area (Å²) in [5.41, 5.74) is 1.83. The molecule has 1 fully saturated rings. The molecule has 1 atom stereocenters. The SMILES string of the molecule is Cc1ccc2c(c1)c(C(=O)N[C@H](C(=O)NC1CC1)C(C)(C)C)nn2CCCCC#N. The average Bonchev–Trinajstić information content (AvgIpc) is 3.41. The summed E-state index contributed by atoms with van der Waals surface area (Å²) in [6, 6.07) is 7.67. The van der Waals surface area contributed by atoms with Gasteiger partial charge in [-0.2, -0.15) is 10.4 Å². The third kappa shape index (κ3) is 5.18. The largest absolute Gasteiger partial charge is 0.352 e. The normalized spacial score (nSPS) is 14.9. The Balaban J connectivity index is 1.86. The highest BCUT2D eigenvalue weighted by Gasteiger charge is 2.36. The number of hydrogen-bond acceptors (Lipinski definition) is 4. The minimum Gasteiger partial charge on any atom is -0.352 e. The van der Waals surface area contributed by atoms with E-state index in [1.54, 1.807) is 0 Å². The van der Waals surface area contributed by atoms with Crippen LogP contribution in [0.2, 0.25) is 0 Å². The molecule has 0 radical (unpaired) electrons. The van der Waals surface area contributed by atoms with Crippen LogP contribution in [-0.4, -0.2) is 33.7 Å². The van der Waals surface area contributed by atoms with Gasteiger partial charge in [0.05, 0.1) is 11.6 Å². The van der Waals surface area contributed by atoms with Crippen LogP contribution in [0.3, 0.4) is 0 Å². The van der Waals surface area contributed by atoms with Crippen molar-refractivity contribution in [2.45, 2.75) is 78.4 Å². The van der Waals surface area contributed by atoms with Crippen LogP contribution >= 0.6 is 0 Å². The molecule has 0 bridgehead atoms. The van der Waals surface area contributed by atoms with Gasteiger partial charge in [-0.1, -0.05) is 32.4 Å². The third-order valence-corrected chi connectivity index (χ3v) is 5.36. The number of benzene rings is 1. The first kappa shape index (κ1) is 21.8. The van der Waals surface area contributed by atoms with E-state index >= 15 is 0 Å². The van der Waals surface area contributed by atoms with Crippen molar-refractivity contribution in [2.24, 2.45) is 5.41 Å². The highest BCUT2D eigenvalue weighted by atomic mass is 16.2. The zero-order chi connectivity index (χ0) is 21.9. The molecule has 2 amide bonds. The van der Waals surface area contributed by atoms with Crippen LogP contribution in [0.5, 0.6) is 0 Å². The number of aromatic nitrogens is 2. The summed E-state index contributed by atoms with van der Waals surface area (Å²) in [7, 11) is 0. The Bertz CT molecular complexity index is 976. The molecule has 7 heteroatoms. The van der Waals surface area contributed by atoms with Crippen molar-refractivity contribution in [3.8, 4) is 6.07 Å². The van der Waals surface area contributed by atoms with Crippen LogP contribution in [0.4, 0.5) is 0 Å². The predicted octanol–water partition coefficient (Wildman–Crippen LogP) is 3.46. The molecule has 1 aromatic carbocycles. The number of carbonyl (C=O) groups excluding carboxylic acids is 2. The minimum absolute atomic E-state index is 0.144. The first-order chi connectivity index (χ1) is 14.2. The minimum atomic E-state index is -0.647. The zero-order valence-corrected chi connectivity index (χ0v) is 18.3. The molecule has 1 aliphatic carbocycles. The van der Waals surface area contributed by atoms with Crippen LogP contribution in [0.15, 0.2) is 18.2 Å². The molecule has 1 aromatic heterocycles. The number of aryl methyl sites for hydroxylation is 2. The number of nitrogens with one attached hydrogen (secondary N) is 2. The maximum absolute atomic E-state index is 13.2. The molecule has 30 heavy (non-hydrogen) atoms. The van der Waals surface area contributed by atoms with Crippen molar-refractivity contribution < 1.29 is 9.59 Å². The maximum Gasteiger partial charge on any atom is 0.273 e. The number of nitriles is 1. The van der Waals surface area contributed by atoms with Crippen LogP contribution in [0.25, 0.3) is 10.9 Å². The first-order valence-electron chi connectivity index (χ1n) is 10.7. The summed E-state index contributed by atoms with van der Waals surface area (Å²) in [5.74, 6) is -0.484. The molecule has 2 aromatic rings. The summed E-state index contributed by atoms with van der Waals surface area (Å²) < 4.78 is 1.83. The summed E-state index contributed by atoms with van der Waals surface area (Å²) >= 11 is 0. The van der Waals surface area contributed by atoms with E-state index in [0.29, 0.717) is 18.7 Å². The highest BCUT2D eigenvalue weighted by molar-refractivity contribution is 6.06. The van der Waals surface area contributed by atoms with Gasteiger partial charge >= 0.3 is 0 Å². The molecule has 160 valence electrons. The number of fused-ring (bicyclic) bond motifs is 1. The summed E-state index contributed by atoms with van der Waals surface area (Å²) in [5, 5.41) is 20.0. The van der Waals surface area contributed by atoms with E-state index in [9.17, 15) is 9.59 Å². The fraction of sp³-hybridized carbons (Fsp3) is 0.565. The second kappa shape index (κ2) is 8.86. The van der Waals surface area contributed by atoms with Crippen molar-refractivity contribution in [1.29, 1.82) is 5.26 Å². The maximum atomic E-state index is 13.2. The van der Waals surface area contributed by atoms with Gasteiger partial charge in [-0.05, 0) is 50.2 Å². The molecular weight excluding hydrogens is 378 g/mol. The van der Waals surface area contributed by atoms with Gasteiger partial charge in [-0.3, -0.25) is 14.3 Å². The van der Waals surface area contributed by atoms with E-state index in [1.165, 1.54) is 0 Å². The number of rotatable bonds is 8. The lowest BCUT2D eigenvalue weighted by molar-refractivity contribution is -0.125. The Kier molecular flexibility index (Phi) is 6.45. The van der Waals surface area contributed by atoms with Gasteiger partial charge in [0.25, 0.3) is 5.91 Å². The molecule has 7 nitrogen and oxygen atoms in total. The number of carbonyl (C=O) groups is 2. The van der Waals surface area contributed by atoms with Gasteiger partial charge in [-0.15, -0.1) is 0 Å². The molecule has 1 aliphatic rings. The average molecular weight is 410 g/mol. The van der Waals surface area contributed by atoms with E-state index in [2.05, 4.69) is 21.8 Å². The highest BCUT2D eigenvalue weighted by Crippen LogP contribution is 2.25. The quantitative estimate of drug-likeness (QED) is 0.652. The van der Waals surface area contributed by atoms with Crippen molar-refractivity contribution >= 4 is 22.7 Å². The second-order valence-electron chi connectivity index (χ2n) is 9.26. The molecular formula is C23H31N5O2. The number of hydrogen-bond donors (Lipinski definition) is 2. The monoisotopic (exact) mass is 409 g/mol. The Hall–Kier alpha value is -2.88. The summed E-state index contributed by atoms with van der Waals surface area (Å²) in [4.78, 5) is 26.0. The lowest BCUT2D eigenvalue weighted by Crippen LogP contribution is -2.54. The van der Waals surface area contributed by atoms with Crippen LogP contribution in [-0.2, 0) is 11.3 Å². The van der Waals surface area contributed by atoms with Crippen LogP contribution < -0.4 is 10.6 Å². The van der Waals surface area contributed by atoms with E-state index < -0.39 is 11.5 Å². The van der Waals surface area contributed by atoms with E-state index in [1.807, 2.05) is 50.6 Å². The van der Waals surface area contributed by atoms with Gasteiger partial charge < -0.3 is 10.6 Å². The number of unbranched alkanes of at least 4 members (excludes halogenated alkanes) is 2. The molecule has 0 spiro atoms. The number of amides is 2. The topological polar surface area (TPSA) is 99.8 Å². The third-order valence-electron chi connectivity index (χ3n) is 5.36. The molecule has 3 rings (SSSR count). The standard InChI is InChI=1S/C23H31N5O2/c1-15-8-11-18-17(14-15)19(27-28(18)13-7-5-6-12-24)21(29)26-20(23(2,3)4)22(30)25-16-9-10-16/h8,11,14,16,20H,5-7,9-10,13H2,1-4H3,(H,25,30)(H,26,29)/t20-/m1/s1. The molecule has 0 aliphatic heterocycles. The van der Waals surface area contributed by atoms with Crippen LogP contribution in [0, 0.1) is 23.7 Å². The lowest BCUT2D eigenvalue weighted by Gasteiger charge is -2.30. The molecule has 1 saturated carbocycles. The molecule has 2 N–H and O–H groups in total. The van der Waals surface area contributed by atoms with E-state index in [-0.39, 0.29) is 17.9 Å². The van der Waals surface area contributed by atoms with E-state index in [0.717, 1.165) is 42.1 Å². The smallest absolute Gasteiger partial charge is 0.273 e. The van der Waals surface area contributed by atoms with Crippen molar-refractivity contribution in [3.63, 3.8) is 0 Å². The van der Waals surface area contributed by atoms with E-state index in [4.69, 9.17) is 5.26 Å². The van der Waals surface area contributed by atoms with Crippen molar-refractivity contribution in [1.82, 2.24) is 20.4 Å².